The second kappa shape index (κ2) is 6.59. The average molecular weight is 337 g/mol. The lowest BCUT2D eigenvalue weighted by molar-refractivity contribution is -0.126. The third-order valence-corrected chi connectivity index (χ3v) is 6.53. The van der Waals surface area contributed by atoms with Crippen LogP contribution in [-0.4, -0.2) is 33.5 Å². The number of nitrogens with one attached hydrogen (secondary N) is 2. The molecule has 2 fully saturated rings. The number of nitrogens with two attached hydrogens (primary N) is 1. The van der Waals surface area contributed by atoms with E-state index in [0.29, 0.717) is 11.8 Å². The zero-order chi connectivity index (χ0) is 16.4. The van der Waals surface area contributed by atoms with Crippen molar-refractivity contribution < 1.29 is 13.2 Å². The molecule has 0 spiro atoms. The van der Waals surface area contributed by atoms with Crippen LogP contribution in [0.4, 0.5) is 0 Å². The molecule has 2 aliphatic rings. The Kier molecular flexibility index (Phi) is 4.70. The van der Waals surface area contributed by atoms with Crippen LogP contribution in [-0.2, 0) is 14.8 Å². The Morgan fingerprint density at radius 3 is 2.48 bits per heavy atom. The number of hydrogen-bond donors (Lipinski definition) is 3. The molecule has 4 N–H and O–H groups in total. The maximum atomic E-state index is 12.3. The van der Waals surface area contributed by atoms with Crippen LogP contribution < -0.4 is 15.8 Å². The summed E-state index contributed by atoms with van der Waals surface area (Å²) in [6.45, 7) is 0.435. The molecule has 0 aliphatic heterocycles. The monoisotopic (exact) mass is 337 g/mol. The van der Waals surface area contributed by atoms with Crippen molar-refractivity contribution in [2.45, 2.75) is 30.2 Å². The van der Waals surface area contributed by atoms with Gasteiger partial charge in [-0.3, -0.25) is 4.79 Å². The van der Waals surface area contributed by atoms with Gasteiger partial charge in [-0.15, -0.1) is 0 Å². The van der Waals surface area contributed by atoms with Crippen LogP contribution in [0.1, 0.15) is 19.3 Å². The average Bonchev–Trinajstić information content (AvgIpc) is 3.13. The maximum Gasteiger partial charge on any atom is 0.240 e. The first kappa shape index (κ1) is 16.4. The van der Waals surface area contributed by atoms with Crippen molar-refractivity contribution in [1.82, 2.24) is 10.0 Å². The molecule has 4 atom stereocenters. The summed E-state index contributed by atoms with van der Waals surface area (Å²) in [6.07, 6.45) is 3.27. The van der Waals surface area contributed by atoms with Gasteiger partial charge >= 0.3 is 0 Å². The van der Waals surface area contributed by atoms with Crippen LogP contribution in [0.5, 0.6) is 0 Å². The summed E-state index contributed by atoms with van der Waals surface area (Å²) >= 11 is 0. The van der Waals surface area contributed by atoms with Crippen LogP contribution in [0, 0.1) is 17.8 Å². The molecule has 0 heterocycles. The van der Waals surface area contributed by atoms with Crippen molar-refractivity contribution in [2.24, 2.45) is 23.5 Å². The van der Waals surface area contributed by atoms with Crippen molar-refractivity contribution in [3.05, 3.63) is 30.3 Å². The summed E-state index contributed by atoms with van der Waals surface area (Å²) in [5.74, 6) is 0.728. The highest BCUT2D eigenvalue weighted by atomic mass is 32.2. The zero-order valence-corrected chi connectivity index (χ0v) is 13.8. The van der Waals surface area contributed by atoms with E-state index in [-0.39, 0.29) is 35.9 Å². The number of benzene rings is 1. The minimum absolute atomic E-state index is 0.0383. The molecule has 2 bridgehead atoms. The summed E-state index contributed by atoms with van der Waals surface area (Å²) in [4.78, 5) is 12.5. The Bertz CT molecular complexity index is 660. The standard InChI is InChI=1S/C16H23N3O3S/c17-15-12-7-6-11(10-12)14(15)16(20)18-8-9-19-23(21,22)13-4-2-1-3-5-13/h1-5,11-12,14-15,19H,6-10,17H2,(H,18,20). The third-order valence-electron chi connectivity index (χ3n) is 5.05. The normalized spacial score (nSPS) is 29.6. The number of fused-ring (bicyclic) bond motifs is 2. The van der Waals surface area contributed by atoms with Gasteiger partial charge in [-0.25, -0.2) is 13.1 Å². The van der Waals surface area contributed by atoms with E-state index in [0.717, 1.165) is 19.3 Å². The van der Waals surface area contributed by atoms with Crippen molar-refractivity contribution in [2.75, 3.05) is 13.1 Å². The number of amides is 1. The first-order valence-electron chi connectivity index (χ1n) is 8.07. The van der Waals surface area contributed by atoms with Gasteiger partial charge in [0.2, 0.25) is 15.9 Å². The highest BCUT2D eigenvalue weighted by molar-refractivity contribution is 7.89. The molecule has 0 radical (unpaired) electrons. The number of hydrogen-bond acceptors (Lipinski definition) is 4. The van der Waals surface area contributed by atoms with E-state index >= 15 is 0 Å². The van der Waals surface area contributed by atoms with Gasteiger partial charge in [0.1, 0.15) is 0 Å². The second-order valence-electron chi connectivity index (χ2n) is 6.44. The topological polar surface area (TPSA) is 101 Å². The molecule has 4 unspecified atom stereocenters. The molecule has 23 heavy (non-hydrogen) atoms. The fourth-order valence-corrected chi connectivity index (χ4v) is 4.95. The highest BCUT2D eigenvalue weighted by Gasteiger charge is 2.48. The molecular formula is C16H23N3O3S. The molecule has 0 saturated heterocycles. The van der Waals surface area contributed by atoms with Gasteiger partial charge in [0.15, 0.2) is 0 Å². The van der Waals surface area contributed by atoms with Crippen molar-refractivity contribution >= 4 is 15.9 Å². The summed E-state index contributed by atoms with van der Waals surface area (Å²) < 4.78 is 26.6. The van der Waals surface area contributed by atoms with E-state index in [1.54, 1.807) is 18.2 Å². The van der Waals surface area contributed by atoms with Crippen LogP contribution in [0.15, 0.2) is 35.2 Å². The van der Waals surface area contributed by atoms with Gasteiger partial charge in [0, 0.05) is 19.1 Å². The zero-order valence-electron chi connectivity index (χ0n) is 12.9. The lowest BCUT2D eigenvalue weighted by atomic mass is 9.84. The summed E-state index contributed by atoms with van der Waals surface area (Å²) in [5, 5.41) is 2.82. The fourth-order valence-electron chi connectivity index (χ4n) is 3.90. The number of carbonyl (C=O) groups excluding carboxylic acids is 1. The molecule has 1 aromatic carbocycles. The lowest BCUT2D eigenvalue weighted by Crippen LogP contribution is -2.46. The van der Waals surface area contributed by atoms with Crippen LogP contribution >= 0.6 is 0 Å². The minimum Gasteiger partial charge on any atom is -0.354 e. The number of rotatable bonds is 6. The van der Waals surface area contributed by atoms with Gasteiger partial charge in [-0.05, 0) is 43.2 Å². The van der Waals surface area contributed by atoms with E-state index in [2.05, 4.69) is 10.0 Å². The second-order valence-corrected chi connectivity index (χ2v) is 8.21. The number of carbonyl (C=O) groups is 1. The molecular weight excluding hydrogens is 314 g/mol. The quantitative estimate of drug-likeness (QED) is 0.656. The Balaban J connectivity index is 1.46. The van der Waals surface area contributed by atoms with Gasteiger partial charge < -0.3 is 11.1 Å². The summed E-state index contributed by atoms with van der Waals surface area (Å²) in [7, 11) is -3.52. The number of sulfonamides is 1. The van der Waals surface area contributed by atoms with E-state index in [1.165, 1.54) is 12.1 Å². The van der Waals surface area contributed by atoms with E-state index in [1.807, 2.05) is 0 Å². The van der Waals surface area contributed by atoms with E-state index < -0.39 is 10.0 Å². The summed E-state index contributed by atoms with van der Waals surface area (Å²) in [6, 6.07) is 8.14. The van der Waals surface area contributed by atoms with Crippen molar-refractivity contribution in [3.8, 4) is 0 Å². The molecule has 0 aromatic heterocycles. The van der Waals surface area contributed by atoms with E-state index in [9.17, 15) is 13.2 Å². The van der Waals surface area contributed by atoms with Crippen LogP contribution in [0.2, 0.25) is 0 Å². The van der Waals surface area contributed by atoms with Crippen LogP contribution in [0.3, 0.4) is 0 Å². The van der Waals surface area contributed by atoms with Crippen LogP contribution in [0.25, 0.3) is 0 Å². The SMILES string of the molecule is NC1C2CCC(C2)C1C(=O)NCCNS(=O)(=O)c1ccccc1. The molecule has 3 rings (SSSR count). The maximum absolute atomic E-state index is 12.3. The Hall–Kier alpha value is -1.44. The fraction of sp³-hybridized carbons (Fsp3) is 0.562. The largest absolute Gasteiger partial charge is 0.354 e. The third kappa shape index (κ3) is 3.41. The summed E-state index contributed by atoms with van der Waals surface area (Å²) in [5.41, 5.74) is 6.14. The van der Waals surface area contributed by atoms with Gasteiger partial charge in [-0.1, -0.05) is 18.2 Å². The molecule has 7 heteroatoms. The molecule has 6 nitrogen and oxygen atoms in total. The Morgan fingerprint density at radius 2 is 1.83 bits per heavy atom. The highest BCUT2D eigenvalue weighted by Crippen LogP contribution is 2.47. The lowest BCUT2D eigenvalue weighted by Gasteiger charge is -2.27. The first-order chi connectivity index (χ1) is 11.0. The molecule has 2 aliphatic carbocycles. The molecule has 1 aromatic rings. The Morgan fingerprint density at radius 1 is 1.13 bits per heavy atom. The van der Waals surface area contributed by atoms with E-state index in [4.69, 9.17) is 5.73 Å². The molecule has 1 amide bonds. The first-order valence-corrected chi connectivity index (χ1v) is 9.55. The smallest absolute Gasteiger partial charge is 0.240 e. The van der Waals surface area contributed by atoms with Crippen molar-refractivity contribution in [1.29, 1.82) is 0 Å². The molecule has 126 valence electrons. The van der Waals surface area contributed by atoms with Gasteiger partial charge in [-0.2, -0.15) is 0 Å². The molecule has 2 saturated carbocycles. The van der Waals surface area contributed by atoms with Crippen molar-refractivity contribution in [3.63, 3.8) is 0 Å². The van der Waals surface area contributed by atoms with Gasteiger partial charge in [0.05, 0.1) is 10.8 Å². The predicted octanol–water partition coefficient (Wildman–Crippen LogP) is 0.455. The Labute approximate surface area is 136 Å². The minimum atomic E-state index is -3.52. The van der Waals surface area contributed by atoms with Gasteiger partial charge in [0.25, 0.3) is 0 Å². The predicted molar refractivity (Wildman–Crippen MR) is 86.9 cm³/mol.